The van der Waals surface area contributed by atoms with Gasteiger partial charge in [-0.1, -0.05) is 0 Å². The number of thiophene rings is 1. The number of fused-ring (bicyclic) bond motifs is 1. The molecule has 2 N–H and O–H groups in total. The first-order valence-electron chi connectivity index (χ1n) is 7.35. The van der Waals surface area contributed by atoms with Crippen molar-refractivity contribution in [3.8, 4) is 0 Å². The fourth-order valence-electron chi connectivity index (χ4n) is 2.55. The number of urea groups is 1. The molecule has 0 saturated carbocycles. The second kappa shape index (κ2) is 6.30. The highest BCUT2D eigenvalue weighted by Crippen LogP contribution is 2.19. The van der Waals surface area contributed by atoms with E-state index in [-0.39, 0.29) is 6.03 Å². The molecule has 1 aliphatic rings. The number of aryl methyl sites for hydroxylation is 3. The molecule has 0 fully saturated rings. The molecule has 2 amide bonds. The molecule has 3 rings (SSSR count). The normalized spacial score (nSPS) is 13.8. The van der Waals surface area contributed by atoms with Gasteiger partial charge < -0.3 is 15.2 Å². The Bertz CT molecular complexity index is 608. The van der Waals surface area contributed by atoms with Crippen molar-refractivity contribution >= 4 is 23.1 Å². The van der Waals surface area contributed by atoms with Gasteiger partial charge in [-0.2, -0.15) is 0 Å². The van der Waals surface area contributed by atoms with Crippen LogP contribution in [0, 0.1) is 6.92 Å². The van der Waals surface area contributed by atoms with Crippen LogP contribution in [0.1, 0.15) is 29.9 Å². The number of hydrogen-bond acceptors (Lipinski definition) is 3. The van der Waals surface area contributed by atoms with Crippen molar-refractivity contribution in [2.75, 3.05) is 11.9 Å². The van der Waals surface area contributed by atoms with Crippen molar-refractivity contribution < 1.29 is 4.79 Å². The minimum Gasteiger partial charge on any atom is -0.337 e. The number of carbonyl (C=O) groups excluding carboxylic acids is 1. The number of anilines is 1. The maximum atomic E-state index is 11.8. The number of rotatable bonds is 4. The largest absolute Gasteiger partial charge is 0.337 e. The van der Waals surface area contributed by atoms with Crippen LogP contribution in [0.3, 0.4) is 0 Å². The predicted octanol–water partition coefficient (Wildman–Crippen LogP) is 2.95. The van der Waals surface area contributed by atoms with Crippen molar-refractivity contribution in [1.82, 2.24) is 14.9 Å². The molecule has 0 radical (unpaired) electrons. The molecule has 0 atom stereocenters. The number of nitrogens with one attached hydrogen (secondary N) is 2. The van der Waals surface area contributed by atoms with Gasteiger partial charge in [-0.05, 0) is 30.7 Å². The van der Waals surface area contributed by atoms with Gasteiger partial charge in [-0.3, -0.25) is 0 Å². The van der Waals surface area contributed by atoms with Gasteiger partial charge >= 0.3 is 6.03 Å². The van der Waals surface area contributed by atoms with E-state index >= 15 is 0 Å². The number of nitrogens with zero attached hydrogens (tertiary/aromatic N) is 2. The van der Waals surface area contributed by atoms with Crippen molar-refractivity contribution in [2.24, 2.45) is 0 Å². The zero-order valence-electron chi connectivity index (χ0n) is 12.2. The van der Waals surface area contributed by atoms with Crippen LogP contribution in [0.15, 0.2) is 17.0 Å². The summed E-state index contributed by atoms with van der Waals surface area (Å²) in [6.45, 7) is 3.67. The Morgan fingerprint density at radius 3 is 3.10 bits per heavy atom. The van der Waals surface area contributed by atoms with E-state index in [0.717, 1.165) is 36.3 Å². The van der Waals surface area contributed by atoms with Crippen LogP contribution in [-0.2, 0) is 19.4 Å². The summed E-state index contributed by atoms with van der Waals surface area (Å²) < 4.78 is 2.24. The number of carbonyl (C=O) groups is 1. The van der Waals surface area contributed by atoms with Gasteiger partial charge in [-0.25, -0.2) is 9.78 Å². The lowest BCUT2D eigenvalue weighted by Gasteiger charge is -2.11. The van der Waals surface area contributed by atoms with Crippen molar-refractivity contribution in [3.63, 3.8) is 0 Å². The third kappa shape index (κ3) is 3.44. The van der Waals surface area contributed by atoms with Crippen LogP contribution in [-0.4, -0.2) is 22.1 Å². The minimum absolute atomic E-state index is 0.152. The highest BCUT2D eigenvalue weighted by atomic mass is 32.1. The summed E-state index contributed by atoms with van der Waals surface area (Å²) in [5.74, 6) is 1.19. The maximum Gasteiger partial charge on any atom is 0.319 e. The van der Waals surface area contributed by atoms with E-state index in [4.69, 9.17) is 0 Å². The molecule has 0 unspecified atom stereocenters. The van der Waals surface area contributed by atoms with Gasteiger partial charge in [0, 0.05) is 37.5 Å². The van der Waals surface area contributed by atoms with Gasteiger partial charge in [0.2, 0.25) is 0 Å². The molecule has 0 spiro atoms. The SMILES string of the molecule is Cc1cscc1NC(=O)NCCc1cn2c(n1)CCCC2. The smallest absolute Gasteiger partial charge is 0.319 e. The standard InChI is InChI=1S/C15H20N4OS/c1-11-9-21-10-13(11)18-15(20)16-6-5-12-8-19-7-3-2-4-14(19)17-12/h8-10H,2-7H2,1H3,(H2,16,18,20). The van der Waals surface area contributed by atoms with Crippen LogP contribution in [0.2, 0.25) is 0 Å². The second-order valence-corrected chi connectivity index (χ2v) is 6.14. The van der Waals surface area contributed by atoms with Crippen LogP contribution in [0.25, 0.3) is 0 Å². The summed E-state index contributed by atoms with van der Waals surface area (Å²) in [5, 5.41) is 9.70. The molecule has 1 aliphatic heterocycles. The van der Waals surface area contributed by atoms with Gasteiger partial charge in [0.1, 0.15) is 5.82 Å². The fourth-order valence-corrected chi connectivity index (χ4v) is 3.33. The molecule has 3 heterocycles. The van der Waals surface area contributed by atoms with Crippen molar-refractivity contribution in [2.45, 2.75) is 39.2 Å². The Morgan fingerprint density at radius 2 is 2.33 bits per heavy atom. The first-order valence-corrected chi connectivity index (χ1v) is 8.29. The summed E-state index contributed by atoms with van der Waals surface area (Å²) in [6, 6.07) is -0.152. The lowest BCUT2D eigenvalue weighted by Crippen LogP contribution is -2.30. The van der Waals surface area contributed by atoms with Crippen molar-refractivity contribution in [1.29, 1.82) is 0 Å². The molecule has 5 nitrogen and oxygen atoms in total. The Hall–Kier alpha value is -1.82. The van der Waals surface area contributed by atoms with E-state index in [2.05, 4.69) is 26.4 Å². The van der Waals surface area contributed by atoms with E-state index < -0.39 is 0 Å². The van der Waals surface area contributed by atoms with Crippen molar-refractivity contribution in [3.05, 3.63) is 34.0 Å². The molecule has 112 valence electrons. The molecule has 0 aliphatic carbocycles. The average molecular weight is 304 g/mol. The van der Waals surface area contributed by atoms with Crippen LogP contribution in [0.5, 0.6) is 0 Å². The van der Waals surface area contributed by atoms with Gasteiger partial charge in [-0.15, -0.1) is 11.3 Å². The van der Waals surface area contributed by atoms with E-state index in [1.54, 1.807) is 11.3 Å². The van der Waals surface area contributed by atoms with Gasteiger partial charge in [0.05, 0.1) is 11.4 Å². The third-order valence-corrected chi connectivity index (χ3v) is 4.59. The Kier molecular flexibility index (Phi) is 4.24. The molecule has 0 saturated heterocycles. The first-order chi connectivity index (χ1) is 10.2. The topological polar surface area (TPSA) is 59.0 Å². The lowest BCUT2D eigenvalue weighted by molar-refractivity contribution is 0.252. The number of amides is 2. The summed E-state index contributed by atoms with van der Waals surface area (Å²) in [5.41, 5.74) is 3.05. The third-order valence-electron chi connectivity index (χ3n) is 3.73. The second-order valence-electron chi connectivity index (χ2n) is 5.40. The maximum absolute atomic E-state index is 11.8. The molecule has 2 aromatic rings. The van der Waals surface area contributed by atoms with E-state index in [9.17, 15) is 4.79 Å². The van der Waals surface area contributed by atoms with E-state index in [1.165, 1.54) is 18.7 Å². The molecule has 0 bridgehead atoms. The molecule has 2 aromatic heterocycles. The van der Waals surface area contributed by atoms with E-state index in [0.29, 0.717) is 6.54 Å². The summed E-state index contributed by atoms with van der Waals surface area (Å²) in [6.07, 6.45) is 6.44. The molecule has 0 aromatic carbocycles. The molecule has 6 heteroatoms. The molecular formula is C15H20N4OS. The molecule has 21 heavy (non-hydrogen) atoms. The summed E-state index contributed by atoms with van der Waals surface area (Å²) >= 11 is 1.59. The highest BCUT2D eigenvalue weighted by Gasteiger charge is 2.12. The van der Waals surface area contributed by atoms with Gasteiger partial charge in [0.25, 0.3) is 0 Å². The first kappa shape index (κ1) is 14.1. The number of hydrogen-bond donors (Lipinski definition) is 2. The summed E-state index contributed by atoms with van der Waals surface area (Å²) in [7, 11) is 0. The predicted molar refractivity (Wildman–Crippen MR) is 84.9 cm³/mol. The quantitative estimate of drug-likeness (QED) is 0.912. The zero-order valence-corrected chi connectivity index (χ0v) is 13.0. The Balaban J connectivity index is 1.46. The molecular weight excluding hydrogens is 284 g/mol. The zero-order chi connectivity index (χ0) is 14.7. The summed E-state index contributed by atoms with van der Waals surface area (Å²) in [4.78, 5) is 16.4. The van der Waals surface area contributed by atoms with E-state index in [1.807, 2.05) is 17.7 Å². The highest BCUT2D eigenvalue weighted by molar-refractivity contribution is 7.08. The number of imidazole rings is 1. The minimum atomic E-state index is -0.152. The van der Waals surface area contributed by atoms with Crippen LogP contribution in [0.4, 0.5) is 10.5 Å². The lowest BCUT2D eigenvalue weighted by atomic mass is 10.2. The fraction of sp³-hybridized carbons (Fsp3) is 0.467. The van der Waals surface area contributed by atoms with Crippen LogP contribution >= 0.6 is 11.3 Å². The van der Waals surface area contributed by atoms with Crippen LogP contribution < -0.4 is 10.6 Å². The Labute approximate surface area is 128 Å². The number of aromatic nitrogens is 2. The average Bonchev–Trinajstić information content (AvgIpc) is 3.05. The Morgan fingerprint density at radius 1 is 1.43 bits per heavy atom. The monoisotopic (exact) mass is 304 g/mol. The van der Waals surface area contributed by atoms with Gasteiger partial charge in [0.15, 0.2) is 0 Å².